The zero-order valence-electron chi connectivity index (χ0n) is 12.8. The van der Waals surface area contributed by atoms with Gasteiger partial charge < -0.3 is 10.2 Å². The number of halogens is 2. The van der Waals surface area contributed by atoms with Gasteiger partial charge in [-0.2, -0.15) is 0 Å². The molecule has 114 valence electrons. The molecule has 1 atom stereocenters. The molecule has 1 aromatic rings. The molecule has 0 heterocycles. The highest BCUT2D eigenvalue weighted by atomic mass is 19.1. The second-order valence-electron chi connectivity index (χ2n) is 5.01. The van der Waals surface area contributed by atoms with Crippen LogP contribution in [0.25, 0.3) is 0 Å². The Morgan fingerprint density at radius 1 is 1.15 bits per heavy atom. The smallest absolute Gasteiger partial charge is 0.129 e. The van der Waals surface area contributed by atoms with E-state index in [4.69, 9.17) is 0 Å². The van der Waals surface area contributed by atoms with Crippen molar-refractivity contribution >= 4 is 0 Å². The molecule has 2 nitrogen and oxygen atoms in total. The zero-order valence-corrected chi connectivity index (χ0v) is 12.8. The summed E-state index contributed by atoms with van der Waals surface area (Å²) in [7, 11) is 0. The van der Waals surface area contributed by atoms with Crippen LogP contribution in [0.2, 0.25) is 0 Å². The molecule has 1 aromatic carbocycles. The first-order valence-electron chi connectivity index (χ1n) is 7.50. The van der Waals surface area contributed by atoms with Crippen LogP contribution in [0.4, 0.5) is 8.78 Å². The molecule has 0 aliphatic carbocycles. The van der Waals surface area contributed by atoms with Gasteiger partial charge in [0.25, 0.3) is 0 Å². The Bertz CT molecular complexity index is 392. The Labute approximate surface area is 121 Å². The van der Waals surface area contributed by atoms with Gasteiger partial charge in [0.15, 0.2) is 0 Å². The highest BCUT2D eigenvalue weighted by Gasteiger charge is 2.13. The third-order valence-corrected chi connectivity index (χ3v) is 3.66. The Kier molecular flexibility index (Phi) is 7.70. The van der Waals surface area contributed by atoms with E-state index in [-0.39, 0.29) is 6.04 Å². The molecule has 0 aliphatic heterocycles. The van der Waals surface area contributed by atoms with Crippen LogP contribution < -0.4 is 5.32 Å². The molecule has 1 N–H and O–H groups in total. The normalized spacial score (nSPS) is 12.9. The van der Waals surface area contributed by atoms with E-state index in [1.165, 1.54) is 6.07 Å². The van der Waals surface area contributed by atoms with Gasteiger partial charge in [-0.05, 0) is 50.7 Å². The van der Waals surface area contributed by atoms with Crippen LogP contribution >= 0.6 is 0 Å². The number of benzene rings is 1. The molecule has 0 aliphatic rings. The summed E-state index contributed by atoms with van der Waals surface area (Å²) in [4.78, 5) is 2.35. The molecule has 1 rings (SSSR count). The van der Waals surface area contributed by atoms with E-state index in [1.807, 2.05) is 6.92 Å². The maximum atomic E-state index is 13.7. The highest BCUT2D eigenvalue weighted by molar-refractivity contribution is 5.19. The summed E-state index contributed by atoms with van der Waals surface area (Å²) in [6.45, 7) is 10.2. The number of nitrogens with one attached hydrogen (secondary N) is 1. The van der Waals surface area contributed by atoms with Gasteiger partial charge in [-0.3, -0.25) is 0 Å². The molecule has 0 aromatic heterocycles. The van der Waals surface area contributed by atoms with E-state index < -0.39 is 11.6 Å². The van der Waals surface area contributed by atoms with Gasteiger partial charge in [-0.1, -0.05) is 26.8 Å². The Morgan fingerprint density at radius 2 is 1.85 bits per heavy atom. The number of hydrogen-bond donors (Lipinski definition) is 1. The lowest BCUT2D eigenvalue weighted by molar-refractivity contribution is 0.280. The predicted octanol–water partition coefficient (Wildman–Crippen LogP) is 3.22. The summed E-state index contributed by atoms with van der Waals surface area (Å²) >= 11 is 0. The molecule has 0 bridgehead atoms. The van der Waals surface area contributed by atoms with E-state index in [1.54, 1.807) is 6.07 Å². The van der Waals surface area contributed by atoms with Crippen LogP contribution in [0.1, 0.15) is 32.8 Å². The third-order valence-electron chi connectivity index (χ3n) is 3.66. The van der Waals surface area contributed by atoms with Crippen LogP contribution in [-0.2, 0) is 6.42 Å². The quantitative estimate of drug-likeness (QED) is 0.749. The first-order valence-corrected chi connectivity index (χ1v) is 7.50. The van der Waals surface area contributed by atoms with Gasteiger partial charge in [0.2, 0.25) is 0 Å². The van der Waals surface area contributed by atoms with Crippen molar-refractivity contribution in [1.82, 2.24) is 10.2 Å². The predicted molar refractivity (Wildman–Crippen MR) is 79.9 cm³/mol. The second-order valence-corrected chi connectivity index (χ2v) is 5.01. The van der Waals surface area contributed by atoms with Crippen molar-refractivity contribution in [2.45, 2.75) is 39.7 Å². The van der Waals surface area contributed by atoms with E-state index in [0.29, 0.717) is 12.0 Å². The van der Waals surface area contributed by atoms with Crippen LogP contribution in [-0.4, -0.2) is 37.1 Å². The first kappa shape index (κ1) is 17.1. The molecule has 1 unspecified atom stereocenters. The Morgan fingerprint density at radius 3 is 2.40 bits per heavy atom. The van der Waals surface area contributed by atoms with Crippen molar-refractivity contribution in [3.63, 3.8) is 0 Å². The molecule has 0 saturated heterocycles. The largest absolute Gasteiger partial charge is 0.314 e. The molecule has 0 saturated carbocycles. The highest BCUT2D eigenvalue weighted by Crippen LogP contribution is 2.13. The average Bonchev–Trinajstić information content (AvgIpc) is 2.43. The van der Waals surface area contributed by atoms with E-state index in [9.17, 15) is 8.78 Å². The van der Waals surface area contributed by atoms with E-state index in [0.717, 1.165) is 38.7 Å². The minimum atomic E-state index is -0.519. The summed E-state index contributed by atoms with van der Waals surface area (Å²) in [5.74, 6) is -0.967. The average molecular weight is 284 g/mol. The minimum Gasteiger partial charge on any atom is -0.314 e. The summed E-state index contributed by atoms with van der Waals surface area (Å²) < 4.78 is 26.6. The van der Waals surface area contributed by atoms with Crippen LogP contribution in [0.15, 0.2) is 18.2 Å². The summed E-state index contributed by atoms with van der Waals surface area (Å²) in [5.41, 5.74) is 0.580. The maximum absolute atomic E-state index is 13.7. The van der Waals surface area contributed by atoms with Crippen molar-refractivity contribution in [2.75, 3.05) is 26.2 Å². The van der Waals surface area contributed by atoms with Crippen molar-refractivity contribution < 1.29 is 8.78 Å². The van der Waals surface area contributed by atoms with Gasteiger partial charge in [-0.15, -0.1) is 0 Å². The second kappa shape index (κ2) is 9.03. The molecule has 0 amide bonds. The number of likely N-dealkylation sites (N-methyl/N-ethyl adjacent to an activating group) is 1. The monoisotopic (exact) mass is 284 g/mol. The van der Waals surface area contributed by atoms with Crippen molar-refractivity contribution in [3.8, 4) is 0 Å². The van der Waals surface area contributed by atoms with Crippen LogP contribution in [0, 0.1) is 11.6 Å². The standard InChI is InChI=1S/C16H26F2N2/c1-4-19-15(9-10-20(5-2)6-3)11-13-7-8-14(17)12-16(13)18/h7-8,12,15,19H,4-6,9-11H2,1-3H3. The zero-order chi connectivity index (χ0) is 15.0. The fourth-order valence-corrected chi connectivity index (χ4v) is 2.40. The lowest BCUT2D eigenvalue weighted by Gasteiger charge is -2.23. The van der Waals surface area contributed by atoms with Gasteiger partial charge in [0, 0.05) is 12.1 Å². The van der Waals surface area contributed by atoms with Gasteiger partial charge in [-0.25, -0.2) is 8.78 Å². The summed E-state index contributed by atoms with van der Waals surface area (Å²) in [6, 6.07) is 4.06. The van der Waals surface area contributed by atoms with E-state index in [2.05, 4.69) is 24.1 Å². The topological polar surface area (TPSA) is 15.3 Å². The Balaban J connectivity index is 2.61. The fraction of sp³-hybridized carbons (Fsp3) is 0.625. The van der Waals surface area contributed by atoms with Crippen molar-refractivity contribution in [3.05, 3.63) is 35.4 Å². The van der Waals surface area contributed by atoms with E-state index >= 15 is 0 Å². The first-order chi connectivity index (χ1) is 9.60. The number of hydrogen-bond acceptors (Lipinski definition) is 2. The van der Waals surface area contributed by atoms with Gasteiger partial charge in [0.1, 0.15) is 11.6 Å². The molecule has 4 heteroatoms. The van der Waals surface area contributed by atoms with Gasteiger partial charge >= 0.3 is 0 Å². The van der Waals surface area contributed by atoms with Gasteiger partial charge in [0.05, 0.1) is 0 Å². The van der Waals surface area contributed by atoms with Crippen molar-refractivity contribution in [1.29, 1.82) is 0 Å². The number of rotatable bonds is 9. The van der Waals surface area contributed by atoms with Crippen LogP contribution in [0.5, 0.6) is 0 Å². The molecular weight excluding hydrogens is 258 g/mol. The van der Waals surface area contributed by atoms with Crippen LogP contribution in [0.3, 0.4) is 0 Å². The maximum Gasteiger partial charge on any atom is 0.129 e. The lowest BCUT2D eigenvalue weighted by atomic mass is 10.0. The summed E-state index contributed by atoms with van der Waals surface area (Å²) in [6.07, 6.45) is 1.56. The molecule has 0 radical (unpaired) electrons. The summed E-state index contributed by atoms with van der Waals surface area (Å²) in [5, 5.41) is 3.39. The molecule has 20 heavy (non-hydrogen) atoms. The molecular formula is C16H26F2N2. The SMILES string of the molecule is CCNC(CCN(CC)CC)Cc1ccc(F)cc1F. The lowest BCUT2D eigenvalue weighted by Crippen LogP contribution is -2.36. The minimum absolute atomic E-state index is 0.223. The fourth-order valence-electron chi connectivity index (χ4n) is 2.40. The third kappa shape index (κ3) is 5.55. The molecule has 0 fully saturated rings. The van der Waals surface area contributed by atoms with Crippen molar-refractivity contribution in [2.24, 2.45) is 0 Å². The Hall–Kier alpha value is -1.00. The number of nitrogens with zero attached hydrogens (tertiary/aromatic N) is 1. The molecule has 0 spiro atoms.